The lowest BCUT2D eigenvalue weighted by molar-refractivity contribution is 0.206. The summed E-state index contributed by atoms with van der Waals surface area (Å²) in [6.45, 7) is 4.37. The number of urea groups is 1. The molecule has 1 aliphatic heterocycles. The number of hydrogen-bond acceptors (Lipinski definition) is 4. The molecule has 0 bridgehead atoms. The van der Waals surface area contributed by atoms with Crippen molar-refractivity contribution in [3.63, 3.8) is 0 Å². The Balaban J connectivity index is 1.34. The molecule has 0 atom stereocenters. The van der Waals surface area contributed by atoms with Crippen LogP contribution in [0.2, 0.25) is 0 Å². The number of rotatable bonds is 6. The lowest BCUT2D eigenvalue weighted by atomic mass is 10.0. The van der Waals surface area contributed by atoms with E-state index >= 15 is 0 Å². The molecule has 0 unspecified atom stereocenters. The highest BCUT2D eigenvalue weighted by Crippen LogP contribution is 2.22. The van der Waals surface area contributed by atoms with Crippen LogP contribution in [0.25, 0.3) is 10.2 Å². The Morgan fingerprint density at radius 1 is 1.07 bits per heavy atom. The molecule has 0 spiro atoms. The minimum atomic E-state index is -0.0722. The maximum atomic E-state index is 12.6. The van der Waals surface area contributed by atoms with E-state index in [-0.39, 0.29) is 6.03 Å². The molecule has 6 heteroatoms. The SMILES string of the molecule is CN(Cc1nc2ccccc2s1)C(=O)NCc1ccccc1CN1CCCCC1. The zero-order valence-corrected chi connectivity index (χ0v) is 17.8. The molecule has 0 saturated carbocycles. The van der Waals surface area contributed by atoms with Gasteiger partial charge in [-0.3, -0.25) is 4.90 Å². The molecule has 2 aromatic carbocycles. The number of carbonyl (C=O) groups excluding carboxylic acids is 1. The molecule has 1 aromatic heterocycles. The number of likely N-dealkylation sites (tertiary alicyclic amines) is 1. The molecule has 4 rings (SSSR count). The molecule has 29 heavy (non-hydrogen) atoms. The molecule has 2 amide bonds. The van der Waals surface area contributed by atoms with E-state index in [0.29, 0.717) is 13.1 Å². The molecule has 1 aliphatic rings. The first kappa shape index (κ1) is 19.9. The van der Waals surface area contributed by atoms with Crippen molar-refractivity contribution in [2.24, 2.45) is 0 Å². The number of carbonyl (C=O) groups is 1. The number of fused-ring (bicyclic) bond motifs is 1. The van der Waals surface area contributed by atoms with E-state index in [9.17, 15) is 4.79 Å². The number of nitrogens with one attached hydrogen (secondary N) is 1. The lowest BCUT2D eigenvalue weighted by Gasteiger charge is -2.27. The van der Waals surface area contributed by atoms with E-state index in [4.69, 9.17) is 0 Å². The predicted molar refractivity (Wildman–Crippen MR) is 119 cm³/mol. The fourth-order valence-corrected chi connectivity index (χ4v) is 4.83. The fourth-order valence-electron chi connectivity index (χ4n) is 3.81. The lowest BCUT2D eigenvalue weighted by Crippen LogP contribution is -2.36. The van der Waals surface area contributed by atoms with Crippen molar-refractivity contribution in [1.29, 1.82) is 0 Å². The van der Waals surface area contributed by atoms with Crippen LogP contribution >= 0.6 is 11.3 Å². The fraction of sp³-hybridized carbons (Fsp3) is 0.391. The molecule has 2 heterocycles. The van der Waals surface area contributed by atoms with Crippen LogP contribution in [-0.4, -0.2) is 41.0 Å². The number of amides is 2. The van der Waals surface area contributed by atoms with Crippen molar-refractivity contribution in [3.05, 3.63) is 64.7 Å². The van der Waals surface area contributed by atoms with Crippen LogP contribution in [-0.2, 0) is 19.6 Å². The Bertz CT molecular complexity index is 931. The quantitative estimate of drug-likeness (QED) is 0.647. The molecule has 152 valence electrons. The zero-order valence-electron chi connectivity index (χ0n) is 16.9. The average Bonchev–Trinajstić information content (AvgIpc) is 3.16. The Morgan fingerprint density at radius 3 is 2.59 bits per heavy atom. The van der Waals surface area contributed by atoms with Gasteiger partial charge in [-0.15, -0.1) is 11.3 Å². The number of thiazole rings is 1. The number of benzene rings is 2. The summed E-state index contributed by atoms with van der Waals surface area (Å²) < 4.78 is 1.16. The second kappa shape index (κ2) is 9.37. The normalized spacial score (nSPS) is 14.8. The zero-order chi connectivity index (χ0) is 20.1. The van der Waals surface area contributed by atoms with Crippen molar-refractivity contribution in [3.8, 4) is 0 Å². The molecule has 3 aromatic rings. The summed E-state index contributed by atoms with van der Waals surface area (Å²) in [5, 5.41) is 4.03. The van der Waals surface area contributed by atoms with Crippen LogP contribution in [0.1, 0.15) is 35.4 Å². The van der Waals surface area contributed by atoms with Gasteiger partial charge in [-0.05, 0) is 49.2 Å². The molecule has 0 radical (unpaired) electrons. The van der Waals surface area contributed by atoms with Crippen LogP contribution in [0, 0.1) is 0 Å². The summed E-state index contributed by atoms with van der Waals surface area (Å²) in [6.07, 6.45) is 3.92. The van der Waals surface area contributed by atoms with Crippen molar-refractivity contribution in [2.75, 3.05) is 20.1 Å². The highest BCUT2D eigenvalue weighted by Gasteiger charge is 2.15. The summed E-state index contributed by atoms with van der Waals surface area (Å²) in [7, 11) is 1.82. The maximum Gasteiger partial charge on any atom is 0.317 e. The molecule has 5 nitrogen and oxygen atoms in total. The third-order valence-corrected chi connectivity index (χ3v) is 6.47. The Labute approximate surface area is 176 Å². The largest absolute Gasteiger partial charge is 0.334 e. The van der Waals surface area contributed by atoms with Gasteiger partial charge < -0.3 is 10.2 Å². The minimum Gasteiger partial charge on any atom is -0.334 e. The number of piperidine rings is 1. The van der Waals surface area contributed by atoms with Crippen molar-refractivity contribution >= 4 is 27.6 Å². The number of hydrogen-bond donors (Lipinski definition) is 1. The predicted octanol–water partition coefficient (Wildman–Crippen LogP) is 4.62. The van der Waals surface area contributed by atoms with Gasteiger partial charge in [0, 0.05) is 20.1 Å². The average molecular weight is 409 g/mol. The summed E-state index contributed by atoms with van der Waals surface area (Å²) in [5.74, 6) is 0. The Morgan fingerprint density at radius 2 is 1.79 bits per heavy atom. The Kier molecular flexibility index (Phi) is 6.42. The summed E-state index contributed by atoms with van der Waals surface area (Å²) in [4.78, 5) is 21.5. The first-order chi connectivity index (χ1) is 14.2. The van der Waals surface area contributed by atoms with Gasteiger partial charge in [0.05, 0.1) is 16.8 Å². The van der Waals surface area contributed by atoms with E-state index < -0.39 is 0 Å². The standard InChI is InChI=1S/C23H28N4OS/c1-26(17-22-25-20-11-5-6-12-21(20)29-22)23(28)24-15-18-9-3-4-10-19(18)16-27-13-7-2-8-14-27/h3-6,9-12H,2,7-8,13-17H2,1H3,(H,24,28). The van der Waals surface area contributed by atoms with Crippen LogP contribution in [0.4, 0.5) is 4.79 Å². The molecular formula is C23H28N4OS. The van der Waals surface area contributed by atoms with Gasteiger partial charge >= 0.3 is 6.03 Å². The van der Waals surface area contributed by atoms with E-state index in [2.05, 4.69) is 39.5 Å². The van der Waals surface area contributed by atoms with Gasteiger partial charge in [-0.2, -0.15) is 0 Å². The highest BCUT2D eigenvalue weighted by molar-refractivity contribution is 7.18. The second-order valence-electron chi connectivity index (χ2n) is 7.70. The third-order valence-electron chi connectivity index (χ3n) is 5.45. The maximum absolute atomic E-state index is 12.6. The first-order valence-corrected chi connectivity index (χ1v) is 11.1. The molecule has 1 fully saturated rings. The minimum absolute atomic E-state index is 0.0722. The summed E-state index contributed by atoms with van der Waals surface area (Å²) in [5.41, 5.74) is 3.50. The van der Waals surface area contributed by atoms with E-state index in [1.54, 1.807) is 16.2 Å². The van der Waals surface area contributed by atoms with Gasteiger partial charge in [0.2, 0.25) is 0 Å². The first-order valence-electron chi connectivity index (χ1n) is 10.3. The van der Waals surface area contributed by atoms with E-state index in [1.807, 2.05) is 31.3 Å². The number of aromatic nitrogens is 1. The van der Waals surface area contributed by atoms with E-state index in [1.165, 1.54) is 43.5 Å². The van der Waals surface area contributed by atoms with Gasteiger partial charge in [-0.1, -0.05) is 42.8 Å². The van der Waals surface area contributed by atoms with Crippen molar-refractivity contribution in [1.82, 2.24) is 20.1 Å². The van der Waals surface area contributed by atoms with Crippen molar-refractivity contribution in [2.45, 2.75) is 38.9 Å². The van der Waals surface area contributed by atoms with Crippen LogP contribution in [0.15, 0.2) is 48.5 Å². The third kappa shape index (κ3) is 5.14. The molecular weight excluding hydrogens is 380 g/mol. The topological polar surface area (TPSA) is 48.5 Å². The van der Waals surface area contributed by atoms with Gasteiger partial charge in [0.25, 0.3) is 0 Å². The number of para-hydroxylation sites is 1. The van der Waals surface area contributed by atoms with Crippen LogP contribution in [0.5, 0.6) is 0 Å². The second-order valence-corrected chi connectivity index (χ2v) is 8.81. The van der Waals surface area contributed by atoms with Gasteiger partial charge in [0.1, 0.15) is 5.01 Å². The highest BCUT2D eigenvalue weighted by atomic mass is 32.1. The van der Waals surface area contributed by atoms with E-state index in [0.717, 1.165) is 21.8 Å². The van der Waals surface area contributed by atoms with Gasteiger partial charge in [-0.25, -0.2) is 9.78 Å². The van der Waals surface area contributed by atoms with Gasteiger partial charge in [0.15, 0.2) is 0 Å². The monoisotopic (exact) mass is 408 g/mol. The summed E-state index contributed by atoms with van der Waals surface area (Å²) >= 11 is 1.64. The summed E-state index contributed by atoms with van der Waals surface area (Å²) in [6, 6.07) is 16.4. The van der Waals surface area contributed by atoms with Crippen LogP contribution in [0.3, 0.4) is 0 Å². The smallest absolute Gasteiger partial charge is 0.317 e. The molecule has 0 aliphatic carbocycles. The van der Waals surface area contributed by atoms with Crippen molar-refractivity contribution < 1.29 is 4.79 Å². The van der Waals surface area contributed by atoms with Crippen LogP contribution < -0.4 is 5.32 Å². The number of nitrogens with zero attached hydrogens (tertiary/aromatic N) is 3. The Hall–Kier alpha value is -2.44. The molecule has 1 saturated heterocycles. The molecule has 1 N–H and O–H groups in total.